The maximum Gasteiger partial charge on any atom is 0.145 e. The number of nitrogens with zero attached hydrogens (tertiary/aromatic N) is 2. The Kier molecular flexibility index (Phi) is 4.24. The molecule has 0 saturated heterocycles. The summed E-state index contributed by atoms with van der Waals surface area (Å²) in [6, 6.07) is 6.42. The number of aromatic nitrogens is 2. The molecule has 0 amide bonds. The zero-order valence-corrected chi connectivity index (χ0v) is 14.8. The Morgan fingerprint density at radius 3 is 2.64 bits per heavy atom. The SMILES string of the molecule is Cc1ccc2nc(C3=C(O)CN(C4CCCCCCC4)C3=N)[nH]c2c1. The Hall–Kier alpha value is -2.30. The lowest BCUT2D eigenvalue weighted by molar-refractivity contribution is 0.253. The Morgan fingerprint density at radius 2 is 1.88 bits per heavy atom. The second kappa shape index (κ2) is 6.54. The molecule has 1 aromatic heterocycles. The van der Waals surface area contributed by atoms with Gasteiger partial charge in [0.15, 0.2) is 0 Å². The zero-order chi connectivity index (χ0) is 17.4. The van der Waals surface area contributed by atoms with E-state index < -0.39 is 0 Å². The summed E-state index contributed by atoms with van der Waals surface area (Å²) in [5.41, 5.74) is 3.56. The van der Waals surface area contributed by atoms with Crippen LogP contribution < -0.4 is 0 Å². The van der Waals surface area contributed by atoms with Gasteiger partial charge < -0.3 is 15.0 Å². The third-order valence-electron chi connectivity index (χ3n) is 5.52. The highest BCUT2D eigenvalue weighted by Crippen LogP contribution is 2.32. The minimum Gasteiger partial charge on any atom is -0.510 e. The highest BCUT2D eigenvalue weighted by Gasteiger charge is 2.34. The number of hydrogen-bond acceptors (Lipinski definition) is 3. The van der Waals surface area contributed by atoms with Gasteiger partial charge in [-0.05, 0) is 37.5 Å². The van der Waals surface area contributed by atoms with E-state index in [1.807, 2.05) is 19.1 Å². The molecule has 0 radical (unpaired) electrons. The Bertz CT molecular complexity index is 827. The van der Waals surface area contributed by atoms with Crippen molar-refractivity contribution in [3.8, 4) is 0 Å². The van der Waals surface area contributed by atoms with Crippen LogP contribution in [0, 0.1) is 12.3 Å². The quantitative estimate of drug-likeness (QED) is 0.752. The fraction of sp³-hybridized carbons (Fsp3) is 0.500. The molecule has 0 spiro atoms. The van der Waals surface area contributed by atoms with Crippen LogP contribution in [0.4, 0.5) is 0 Å². The number of fused-ring (bicyclic) bond motifs is 1. The summed E-state index contributed by atoms with van der Waals surface area (Å²) in [7, 11) is 0. The molecular weight excluding hydrogens is 312 g/mol. The molecule has 4 rings (SSSR count). The summed E-state index contributed by atoms with van der Waals surface area (Å²) in [6.07, 6.45) is 8.56. The smallest absolute Gasteiger partial charge is 0.145 e. The lowest BCUT2D eigenvalue weighted by atomic mass is 9.95. The van der Waals surface area contributed by atoms with Crippen molar-refractivity contribution in [1.29, 1.82) is 5.41 Å². The van der Waals surface area contributed by atoms with Gasteiger partial charge in [0, 0.05) is 6.04 Å². The third kappa shape index (κ3) is 3.03. The van der Waals surface area contributed by atoms with Crippen molar-refractivity contribution in [3.05, 3.63) is 35.3 Å². The molecule has 1 saturated carbocycles. The minimum absolute atomic E-state index is 0.267. The molecular formula is C20H26N4O. The summed E-state index contributed by atoms with van der Waals surface area (Å²) in [6.45, 7) is 2.49. The first-order valence-corrected chi connectivity index (χ1v) is 9.38. The van der Waals surface area contributed by atoms with Crippen LogP contribution in [0.2, 0.25) is 0 Å². The highest BCUT2D eigenvalue weighted by molar-refractivity contribution is 6.23. The molecule has 5 nitrogen and oxygen atoms in total. The lowest BCUT2D eigenvalue weighted by Gasteiger charge is -2.31. The Morgan fingerprint density at radius 1 is 1.16 bits per heavy atom. The van der Waals surface area contributed by atoms with Crippen LogP contribution in [-0.2, 0) is 0 Å². The molecule has 2 aromatic rings. The number of aryl methyl sites for hydroxylation is 1. The lowest BCUT2D eigenvalue weighted by Crippen LogP contribution is -2.37. The highest BCUT2D eigenvalue weighted by atomic mass is 16.3. The predicted molar refractivity (Wildman–Crippen MR) is 101 cm³/mol. The molecule has 0 bridgehead atoms. The average molecular weight is 338 g/mol. The second-order valence-corrected chi connectivity index (χ2v) is 7.40. The van der Waals surface area contributed by atoms with Crippen LogP contribution in [0.5, 0.6) is 0 Å². The molecule has 1 aromatic carbocycles. The van der Waals surface area contributed by atoms with Crippen molar-refractivity contribution in [2.24, 2.45) is 0 Å². The van der Waals surface area contributed by atoms with Gasteiger partial charge in [0.25, 0.3) is 0 Å². The van der Waals surface area contributed by atoms with Gasteiger partial charge in [-0.3, -0.25) is 5.41 Å². The number of aliphatic hydroxyl groups excluding tert-OH is 1. The first kappa shape index (κ1) is 16.2. The maximum atomic E-state index is 10.6. The molecule has 1 aliphatic heterocycles. The van der Waals surface area contributed by atoms with Crippen LogP contribution in [0.15, 0.2) is 24.0 Å². The number of aliphatic hydroxyl groups is 1. The number of H-pyrrole nitrogens is 1. The molecule has 2 aliphatic rings. The number of benzene rings is 1. The van der Waals surface area contributed by atoms with Gasteiger partial charge in [-0.25, -0.2) is 4.98 Å². The van der Waals surface area contributed by atoms with Gasteiger partial charge in [0.1, 0.15) is 17.4 Å². The van der Waals surface area contributed by atoms with E-state index >= 15 is 0 Å². The molecule has 1 aliphatic carbocycles. The monoisotopic (exact) mass is 338 g/mol. The van der Waals surface area contributed by atoms with Gasteiger partial charge in [-0.15, -0.1) is 0 Å². The van der Waals surface area contributed by atoms with E-state index in [1.165, 1.54) is 37.7 Å². The fourth-order valence-corrected chi connectivity index (χ4v) is 4.15. The predicted octanol–water partition coefficient (Wildman–Crippen LogP) is 4.55. The first-order chi connectivity index (χ1) is 12.1. The van der Waals surface area contributed by atoms with Gasteiger partial charge in [0.2, 0.25) is 0 Å². The van der Waals surface area contributed by atoms with Gasteiger partial charge in [-0.2, -0.15) is 0 Å². The number of hydrogen-bond donors (Lipinski definition) is 3. The fourth-order valence-electron chi connectivity index (χ4n) is 4.15. The van der Waals surface area contributed by atoms with E-state index in [2.05, 4.69) is 20.9 Å². The van der Waals surface area contributed by atoms with E-state index in [1.54, 1.807) is 0 Å². The summed E-state index contributed by atoms with van der Waals surface area (Å²) in [5, 5.41) is 19.2. The second-order valence-electron chi connectivity index (χ2n) is 7.40. The average Bonchev–Trinajstić information content (AvgIpc) is 3.07. The first-order valence-electron chi connectivity index (χ1n) is 9.38. The van der Waals surface area contributed by atoms with Crippen LogP contribution >= 0.6 is 0 Å². The maximum absolute atomic E-state index is 10.6. The van der Waals surface area contributed by atoms with E-state index in [4.69, 9.17) is 5.41 Å². The molecule has 132 valence electrons. The molecule has 2 heterocycles. The third-order valence-corrected chi connectivity index (χ3v) is 5.52. The van der Waals surface area contributed by atoms with Crippen molar-refractivity contribution >= 4 is 22.4 Å². The number of nitrogens with one attached hydrogen (secondary N) is 2. The molecule has 3 N–H and O–H groups in total. The van der Waals surface area contributed by atoms with Crippen LogP contribution in [-0.4, -0.2) is 38.4 Å². The van der Waals surface area contributed by atoms with Crippen molar-refractivity contribution in [2.75, 3.05) is 6.54 Å². The number of rotatable bonds is 2. The zero-order valence-electron chi connectivity index (χ0n) is 14.8. The van der Waals surface area contributed by atoms with Gasteiger partial charge in [0.05, 0.1) is 23.2 Å². The van der Waals surface area contributed by atoms with Crippen molar-refractivity contribution < 1.29 is 5.11 Å². The molecule has 0 atom stereocenters. The number of aromatic amines is 1. The van der Waals surface area contributed by atoms with E-state index in [0.717, 1.165) is 23.9 Å². The van der Waals surface area contributed by atoms with Gasteiger partial charge >= 0.3 is 0 Å². The summed E-state index contributed by atoms with van der Waals surface area (Å²) < 4.78 is 0. The summed E-state index contributed by atoms with van der Waals surface area (Å²) in [5.74, 6) is 1.29. The van der Waals surface area contributed by atoms with Crippen LogP contribution in [0.25, 0.3) is 16.6 Å². The molecule has 5 heteroatoms. The molecule has 25 heavy (non-hydrogen) atoms. The largest absolute Gasteiger partial charge is 0.510 e. The summed E-state index contributed by atoms with van der Waals surface area (Å²) >= 11 is 0. The van der Waals surface area contributed by atoms with E-state index in [0.29, 0.717) is 29.8 Å². The Labute approximate surface area is 148 Å². The Balaban J connectivity index is 1.61. The number of imidazole rings is 1. The minimum atomic E-state index is 0.267. The normalized spacial score (nSPS) is 20.4. The number of amidine groups is 1. The van der Waals surface area contributed by atoms with E-state index in [9.17, 15) is 5.11 Å². The van der Waals surface area contributed by atoms with Crippen molar-refractivity contribution in [2.45, 2.75) is 57.9 Å². The molecule has 0 unspecified atom stereocenters. The van der Waals surface area contributed by atoms with Crippen molar-refractivity contribution in [1.82, 2.24) is 14.9 Å². The topological polar surface area (TPSA) is 76.0 Å². The summed E-state index contributed by atoms with van der Waals surface area (Å²) in [4.78, 5) is 9.98. The standard InChI is InChI=1S/C20H26N4O/c1-13-9-10-15-16(11-13)23-20(22-15)18-17(25)12-24(19(18)21)14-7-5-3-2-4-6-8-14/h9-11,14,21,25H,2-8,12H2,1H3,(H,22,23). The van der Waals surface area contributed by atoms with Crippen LogP contribution in [0.1, 0.15) is 56.3 Å². The van der Waals surface area contributed by atoms with Crippen molar-refractivity contribution in [3.63, 3.8) is 0 Å². The van der Waals surface area contributed by atoms with E-state index in [-0.39, 0.29) is 5.76 Å². The van der Waals surface area contributed by atoms with Crippen LogP contribution in [0.3, 0.4) is 0 Å². The molecule has 1 fully saturated rings. The van der Waals surface area contributed by atoms with Gasteiger partial charge in [-0.1, -0.05) is 38.2 Å².